The Balaban J connectivity index is 1.37. The van der Waals surface area contributed by atoms with Gasteiger partial charge in [0.25, 0.3) is 0 Å². The first kappa shape index (κ1) is 18.9. The van der Waals surface area contributed by atoms with Crippen molar-refractivity contribution in [2.24, 2.45) is 5.41 Å². The van der Waals surface area contributed by atoms with E-state index in [2.05, 4.69) is 10.2 Å². The monoisotopic (exact) mass is 399 g/mol. The SMILES string of the molecule is O=C(CCN1C(=O)CC2(CCCC2)C1=O)N1CCn2c(nnc2C(F)(F)F)C1. The third kappa shape index (κ3) is 3.06. The topological polar surface area (TPSA) is 88.4 Å². The lowest BCUT2D eigenvalue weighted by Gasteiger charge is -2.28. The second-order valence-electron chi connectivity index (χ2n) is 7.67. The van der Waals surface area contributed by atoms with Gasteiger partial charge in [-0.05, 0) is 12.8 Å². The lowest BCUT2D eigenvalue weighted by molar-refractivity contribution is -0.148. The fourth-order valence-corrected chi connectivity index (χ4v) is 4.47. The molecule has 1 aromatic heterocycles. The molecule has 0 atom stereocenters. The molecular formula is C17H20F3N5O3. The minimum Gasteiger partial charge on any atom is -0.333 e. The van der Waals surface area contributed by atoms with Gasteiger partial charge >= 0.3 is 6.18 Å². The van der Waals surface area contributed by atoms with E-state index in [9.17, 15) is 27.6 Å². The van der Waals surface area contributed by atoms with Gasteiger partial charge in [-0.2, -0.15) is 13.2 Å². The van der Waals surface area contributed by atoms with Gasteiger partial charge in [-0.25, -0.2) is 0 Å². The van der Waals surface area contributed by atoms with Crippen LogP contribution >= 0.6 is 0 Å². The van der Waals surface area contributed by atoms with Crippen LogP contribution in [-0.2, 0) is 33.6 Å². The third-order valence-corrected chi connectivity index (χ3v) is 5.96. The largest absolute Gasteiger partial charge is 0.451 e. The maximum atomic E-state index is 12.9. The predicted molar refractivity (Wildman–Crippen MR) is 87.3 cm³/mol. The number of amides is 3. The number of aromatic nitrogens is 3. The Kier molecular flexibility index (Phi) is 4.42. The highest BCUT2D eigenvalue weighted by atomic mass is 19.4. The third-order valence-electron chi connectivity index (χ3n) is 5.96. The summed E-state index contributed by atoms with van der Waals surface area (Å²) in [6.07, 6.45) is -1.14. The number of nitrogens with zero attached hydrogens (tertiary/aromatic N) is 5. The summed E-state index contributed by atoms with van der Waals surface area (Å²) in [7, 11) is 0. The van der Waals surface area contributed by atoms with E-state index >= 15 is 0 Å². The number of hydrogen-bond acceptors (Lipinski definition) is 5. The van der Waals surface area contributed by atoms with Gasteiger partial charge in [0.2, 0.25) is 23.5 Å². The molecule has 4 rings (SSSR count). The maximum Gasteiger partial charge on any atom is 0.451 e. The number of fused-ring (bicyclic) bond motifs is 1. The van der Waals surface area contributed by atoms with Gasteiger partial charge in [-0.15, -0.1) is 10.2 Å². The Morgan fingerprint density at radius 1 is 1.11 bits per heavy atom. The minimum atomic E-state index is -4.59. The maximum absolute atomic E-state index is 12.9. The van der Waals surface area contributed by atoms with Crippen molar-refractivity contribution in [3.05, 3.63) is 11.6 Å². The summed E-state index contributed by atoms with van der Waals surface area (Å²) in [5.74, 6) is -1.74. The van der Waals surface area contributed by atoms with Gasteiger partial charge in [0.15, 0.2) is 5.82 Å². The Hall–Kier alpha value is -2.46. The van der Waals surface area contributed by atoms with Gasteiger partial charge in [-0.1, -0.05) is 12.8 Å². The lowest BCUT2D eigenvalue weighted by Crippen LogP contribution is -2.42. The van der Waals surface area contributed by atoms with Crippen molar-refractivity contribution in [2.45, 2.75) is 57.8 Å². The molecule has 0 N–H and O–H groups in total. The molecular weight excluding hydrogens is 379 g/mol. The second kappa shape index (κ2) is 6.56. The molecule has 0 bridgehead atoms. The van der Waals surface area contributed by atoms with E-state index in [0.29, 0.717) is 12.8 Å². The summed E-state index contributed by atoms with van der Waals surface area (Å²) in [5.41, 5.74) is -0.574. The van der Waals surface area contributed by atoms with Crippen molar-refractivity contribution in [1.82, 2.24) is 24.6 Å². The smallest absolute Gasteiger partial charge is 0.333 e. The van der Waals surface area contributed by atoms with Gasteiger partial charge in [0.1, 0.15) is 0 Å². The number of carbonyl (C=O) groups is 3. The average molecular weight is 399 g/mol. The van der Waals surface area contributed by atoms with Crippen LogP contribution in [0, 0.1) is 5.41 Å². The molecule has 1 saturated carbocycles. The first-order valence-corrected chi connectivity index (χ1v) is 9.33. The molecule has 2 fully saturated rings. The number of rotatable bonds is 3. The number of carbonyl (C=O) groups excluding carboxylic acids is 3. The fourth-order valence-electron chi connectivity index (χ4n) is 4.47. The normalized spacial score (nSPS) is 21.7. The number of alkyl halides is 3. The van der Waals surface area contributed by atoms with Crippen LogP contribution in [0.2, 0.25) is 0 Å². The molecule has 28 heavy (non-hydrogen) atoms. The minimum absolute atomic E-state index is 0.00917. The summed E-state index contributed by atoms with van der Waals surface area (Å²) < 4.78 is 39.6. The van der Waals surface area contributed by atoms with Gasteiger partial charge < -0.3 is 9.47 Å². The molecule has 152 valence electrons. The predicted octanol–water partition coefficient (Wildman–Crippen LogP) is 1.35. The van der Waals surface area contributed by atoms with Gasteiger partial charge in [-0.3, -0.25) is 19.3 Å². The van der Waals surface area contributed by atoms with Crippen molar-refractivity contribution in [3.8, 4) is 0 Å². The standard InChI is InChI=1S/C17H20F3N5O3/c18-17(19,20)14-22-21-11-10-23(7-8-24(11)14)12(26)3-6-25-13(27)9-16(15(25)28)4-1-2-5-16/h1-10H2. The molecule has 2 aliphatic heterocycles. The van der Waals surface area contributed by atoms with Gasteiger partial charge in [0.05, 0.1) is 12.0 Å². The number of hydrogen-bond donors (Lipinski definition) is 0. The van der Waals surface area contributed by atoms with E-state index < -0.39 is 17.4 Å². The van der Waals surface area contributed by atoms with Crippen molar-refractivity contribution < 1.29 is 27.6 Å². The molecule has 3 amide bonds. The second-order valence-corrected chi connectivity index (χ2v) is 7.67. The van der Waals surface area contributed by atoms with Crippen LogP contribution in [0.15, 0.2) is 0 Å². The van der Waals surface area contributed by atoms with Crippen LogP contribution in [0.1, 0.15) is 50.2 Å². The highest BCUT2D eigenvalue weighted by molar-refractivity contribution is 6.06. The summed E-state index contributed by atoms with van der Waals surface area (Å²) >= 11 is 0. The number of imide groups is 1. The molecule has 11 heteroatoms. The van der Waals surface area contributed by atoms with Crippen molar-refractivity contribution >= 4 is 17.7 Å². The molecule has 1 saturated heterocycles. The van der Waals surface area contributed by atoms with Crippen molar-refractivity contribution in [2.75, 3.05) is 13.1 Å². The van der Waals surface area contributed by atoms with E-state index in [4.69, 9.17) is 0 Å². The molecule has 0 unspecified atom stereocenters. The molecule has 0 radical (unpaired) electrons. The zero-order chi connectivity index (χ0) is 20.1. The lowest BCUT2D eigenvalue weighted by atomic mass is 9.84. The molecule has 3 heterocycles. The number of likely N-dealkylation sites (tertiary alicyclic amines) is 1. The molecule has 3 aliphatic rings. The zero-order valence-corrected chi connectivity index (χ0v) is 15.2. The van der Waals surface area contributed by atoms with Crippen LogP contribution < -0.4 is 0 Å². The molecule has 1 aromatic rings. The average Bonchev–Trinajstić information content (AvgIpc) is 3.32. The summed E-state index contributed by atoms with van der Waals surface area (Å²) in [6.45, 7) is -0.0185. The van der Waals surface area contributed by atoms with Crippen LogP contribution in [-0.4, -0.2) is 55.4 Å². The Morgan fingerprint density at radius 3 is 2.50 bits per heavy atom. The van der Waals surface area contributed by atoms with Gasteiger partial charge in [0, 0.05) is 32.5 Å². The highest BCUT2D eigenvalue weighted by Gasteiger charge is 2.52. The molecule has 0 aromatic carbocycles. The van der Waals surface area contributed by atoms with Crippen LogP contribution in [0.4, 0.5) is 13.2 Å². The van der Waals surface area contributed by atoms with E-state index in [-0.39, 0.29) is 62.6 Å². The van der Waals surface area contributed by atoms with E-state index in [0.717, 1.165) is 17.4 Å². The first-order valence-electron chi connectivity index (χ1n) is 9.33. The van der Waals surface area contributed by atoms with E-state index in [1.54, 1.807) is 0 Å². The Labute approximate surface area is 158 Å². The Morgan fingerprint density at radius 2 is 1.82 bits per heavy atom. The van der Waals surface area contributed by atoms with E-state index in [1.807, 2.05) is 0 Å². The number of halogens is 3. The van der Waals surface area contributed by atoms with Crippen LogP contribution in [0.5, 0.6) is 0 Å². The van der Waals surface area contributed by atoms with Crippen LogP contribution in [0.3, 0.4) is 0 Å². The van der Waals surface area contributed by atoms with Crippen LogP contribution in [0.25, 0.3) is 0 Å². The fraction of sp³-hybridized carbons (Fsp3) is 0.706. The first-order chi connectivity index (χ1) is 13.2. The van der Waals surface area contributed by atoms with Crippen molar-refractivity contribution in [3.63, 3.8) is 0 Å². The summed E-state index contributed by atoms with van der Waals surface area (Å²) in [6, 6.07) is 0. The quantitative estimate of drug-likeness (QED) is 0.716. The summed E-state index contributed by atoms with van der Waals surface area (Å²) in [4.78, 5) is 39.9. The highest BCUT2D eigenvalue weighted by Crippen LogP contribution is 2.46. The van der Waals surface area contributed by atoms with E-state index in [1.165, 1.54) is 9.80 Å². The zero-order valence-electron chi connectivity index (χ0n) is 15.2. The van der Waals surface area contributed by atoms with Crippen molar-refractivity contribution in [1.29, 1.82) is 0 Å². The molecule has 8 nitrogen and oxygen atoms in total. The Bertz CT molecular complexity index is 828. The molecule has 1 aliphatic carbocycles. The summed E-state index contributed by atoms with van der Waals surface area (Å²) in [5, 5.41) is 6.73. The molecule has 1 spiro atoms.